The fraction of sp³-hybridized carbons (Fsp3) is 0.211. The van der Waals surface area contributed by atoms with Gasteiger partial charge in [-0.05, 0) is 24.6 Å². The summed E-state index contributed by atoms with van der Waals surface area (Å²) in [7, 11) is 0. The van der Waals surface area contributed by atoms with Gasteiger partial charge in [-0.2, -0.15) is 9.97 Å². The predicted molar refractivity (Wildman–Crippen MR) is 113 cm³/mol. The van der Waals surface area contributed by atoms with Crippen molar-refractivity contribution in [1.82, 2.24) is 19.9 Å². The van der Waals surface area contributed by atoms with Crippen molar-refractivity contribution in [3.8, 4) is 0 Å². The number of carbonyl (C=O) groups is 3. The molecule has 0 amide bonds. The van der Waals surface area contributed by atoms with Crippen molar-refractivity contribution in [2.75, 3.05) is 11.5 Å². The molecule has 12 heteroatoms. The first-order chi connectivity index (χ1) is 14.1. The number of ketones is 1. The molecule has 0 aliphatic rings. The number of rotatable bonds is 7. The van der Waals surface area contributed by atoms with Gasteiger partial charge >= 0.3 is 30.8 Å². The molecule has 0 spiro atoms. The third kappa shape index (κ3) is 4.96. The Balaban J connectivity index is 0.00000341. The summed E-state index contributed by atoms with van der Waals surface area (Å²) in [6.07, 6.45) is 0.830. The van der Waals surface area contributed by atoms with Crippen molar-refractivity contribution in [1.29, 1.82) is 0 Å². The van der Waals surface area contributed by atoms with E-state index in [2.05, 4.69) is 19.9 Å². The van der Waals surface area contributed by atoms with Crippen molar-refractivity contribution in [3.05, 3.63) is 47.3 Å². The number of carboxylic acids is 2. The number of carboxylic acid groups (broad SMARTS) is 2. The van der Waals surface area contributed by atoms with Crippen molar-refractivity contribution in [2.24, 2.45) is 0 Å². The van der Waals surface area contributed by atoms with Gasteiger partial charge in [-0.1, -0.05) is 12.1 Å². The molecule has 1 unspecified atom stereocenters. The summed E-state index contributed by atoms with van der Waals surface area (Å²) in [5.74, 6) is -2.77. The van der Waals surface area contributed by atoms with Gasteiger partial charge in [0.25, 0.3) is 0 Å². The topological polar surface area (TPSA) is 195 Å². The van der Waals surface area contributed by atoms with E-state index >= 15 is 0 Å². The average Bonchev–Trinajstić information content (AvgIpc) is 2.68. The van der Waals surface area contributed by atoms with Crippen LogP contribution in [0.15, 0.2) is 30.5 Å². The third-order valence-electron chi connectivity index (χ3n) is 4.67. The number of fused-ring (bicyclic) bond motifs is 1. The zero-order valence-electron chi connectivity index (χ0n) is 15.9. The number of hydrogen-bond donors (Lipinski definition) is 4. The van der Waals surface area contributed by atoms with E-state index in [1.807, 2.05) is 0 Å². The minimum absolute atomic E-state index is 0. The summed E-state index contributed by atoms with van der Waals surface area (Å²) in [5, 5.41) is 18.7. The van der Waals surface area contributed by atoms with Crippen molar-refractivity contribution in [2.45, 2.75) is 25.2 Å². The van der Waals surface area contributed by atoms with Crippen LogP contribution in [0.4, 0.5) is 11.8 Å². The number of benzene rings is 1. The molecule has 2 aromatic heterocycles. The molecule has 1 aromatic carbocycles. The molecular formula is C19H19LiN6O5. The van der Waals surface area contributed by atoms with E-state index in [4.69, 9.17) is 16.6 Å². The molecule has 0 fully saturated rings. The second-order valence-electron chi connectivity index (χ2n) is 6.91. The SMILES string of the molecule is CC(CC(=O)Cc1cnc2nc(N)nc(N)c2n1)(C(=O)O)c1ccc(C(=O)O)cc1.[LiH]. The van der Waals surface area contributed by atoms with Gasteiger partial charge in [0.1, 0.15) is 5.78 Å². The first kappa shape index (κ1) is 23.7. The normalized spacial score (nSPS) is 12.5. The van der Waals surface area contributed by atoms with Crippen LogP contribution >= 0.6 is 0 Å². The molecule has 3 aromatic rings. The Morgan fingerprint density at radius 3 is 2.26 bits per heavy atom. The zero-order valence-corrected chi connectivity index (χ0v) is 15.9. The molecule has 0 radical (unpaired) electrons. The average molecular weight is 418 g/mol. The van der Waals surface area contributed by atoms with Crippen LogP contribution in [0.1, 0.15) is 35.0 Å². The number of nitrogens with zero attached hydrogens (tertiary/aromatic N) is 4. The first-order valence-electron chi connectivity index (χ1n) is 8.73. The Morgan fingerprint density at radius 1 is 1.03 bits per heavy atom. The molecule has 11 nitrogen and oxygen atoms in total. The van der Waals surface area contributed by atoms with Gasteiger partial charge in [-0.15, -0.1) is 0 Å². The van der Waals surface area contributed by atoms with E-state index in [0.717, 1.165) is 0 Å². The fourth-order valence-corrected chi connectivity index (χ4v) is 3.01. The molecule has 0 aliphatic carbocycles. The number of carbonyl (C=O) groups excluding carboxylic acids is 1. The molecule has 0 saturated heterocycles. The number of nitrogens with two attached hydrogens (primary N) is 2. The van der Waals surface area contributed by atoms with E-state index in [1.165, 1.54) is 37.4 Å². The number of aliphatic carboxylic acids is 1. The van der Waals surface area contributed by atoms with Gasteiger partial charge in [0.2, 0.25) is 5.95 Å². The molecule has 0 aliphatic heterocycles. The summed E-state index contributed by atoms with van der Waals surface area (Å²) >= 11 is 0. The van der Waals surface area contributed by atoms with Crippen LogP contribution in [0.3, 0.4) is 0 Å². The third-order valence-corrected chi connectivity index (χ3v) is 4.67. The minimum atomic E-state index is -1.55. The van der Waals surface area contributed by atoms with E-state index in [1.54, 1.807) is 0 Å². The van der Waals surface area contributed by atoms with E-state index in [9.17, 15) is 19.5 Å². The van der Waals surface area contributed by atoms with E-state index in [0.29, 0.717) is 5.56 Å². The number of hydrogen-bond acceptors (Lipinski definition) is 9. The number of nitrogen functional groups attached to an aromatic ring is 2. The van der Waals surface area contributed by atoms with Gasteiger partial charge in [-0.25, -0.2) is 14.8 Å². The Bertz CT molecular complexity index is 1170. The number of Topliss-reactive ketones (excluding diaryl/α,β-unsaturated/α-hetero) is 1. The predicted octanol–water partition coefficient (Wildman–Crippen LogP) is 0.178. The van der Waals surface area contributed by atoms with Crippen molar-refractivity contribution >= 4 is 59.5 Å². The first-order valence-corrected chi connectivity index (χ1v) is 8.73. The van der Waals surface area contributed by atoms with Crippen LogP contribution in [0.2, 0.25) is 0 Å². The maximum absolute atomic E-state index is 12.6. The molecule has 0 bridgehead atoms. The fourth-order valence-electron chi connectivity index (χ4n) is 3.01. The molecule has 1 atom stereocenters. The number of aromatic nitrogens is 4. The van der Waals surface area contributed by atoms with Crippen LogP contribution in [0, 0.1) is 0 Å². The molecule has 3 rings (SSSR count). The summed E-state index contributed by atoms with van der Waals surface area (Å²) in [5.41, 5.74) is 10.7. The number of anilines is 2. The van der Waals surface area contributed by atoms with Crippen LogP contribution in [-0.2, 0) is 21.4 Å². The van der Waals surface area contributed by atoms with Crippen molar-refractivity contribution < 1.29 is 24.6 Å². The quantitative estimate of drug-likeness (QED) is 0.382. The van der Waals surface area contributed by atoms with Gasteiger partial charge in [-0.3, -0.25) is 9.59 Å². The van der Waals surface area contributed by atoms with Crippen LogP contribution in [0.25, 0.3) is 11.2 Å². The summed E-state index contributed by atoms with van der Waals surface area (Å²) in [6, 6.07) is 5.38. The van der Waals surface area contributed by atoms with Gasteiger partial charge in [0.15, 0.2) is 17.0 Å². The van der Waals surface area contributed by atoms with Crippen LogP contribution < -0.4 is 11.5 Å². The van der Waals surface area contributed by atoms with Gasteiger partial charge < -0.3 is 21.7 Å². The molecule has 2 heterocycles. The maximum atomic E-state index is 12.6. The summed E-state index contributed by atoms with van der Waals surface area (Å²) < 4.78 is 0. The Labute approximate surface area is 188 Å². The summed E-state index contributed by atoms with van der Waals surface area (Å²) in [4.78, 5) is 51.6. The zero-order chi connectivity index (χ0) is 22.1. The summed E-state index contributed by atoms with van der Waals surface area (Å²) in [6.45, 7) is 1.41. The van der Waals surface area contributed by atoms with E-state index < -0.39 is 23.1 Å². The molecule has 156 valence electrons. The van der Waals surface area contributed by atoms with E-state index in [-0.39, 0.29) is 65.9 Å². The number of aromatic carboxylic acids is 1. The second-order valence-corrected chi connectivity index (χ2v) is 6.91. The molecule has 31 heavy (non-hydrogen) atoms. The second kappa shape index (κ2) is 9.07. The standard InChI is InChI=1S/C19H18N6O5.Li.H/c1-19(17(29)30,10-4-2-9(3-5-10)16(27)28)7-12(26)6-11-8-22-15-13(23-11)14(20)24-18(21)25-15;;/h2-5,8H,6-7H2,1H3,(H,27,28)(H,29,30)(H4,20,21,22,24,25);;. The Kier molecular flexibility index (Phi) is 6.94. The van der Waals surface area contributed by atoms with Gasteiger partial charge in [0.05, 0.1) is 29.3 Å². The van der Waals surface area contributed by atoms with Crippen molar-refractivity contribution in [3.63, 3.8) is 0 Å². The Morgan fingerprint density at radius 2 is 1.68 bits per heavy atom. The van der Waals surface area contributed by atoms with Crippen LogP contribution in [-0.4, -0.2) is 66.7 Å². The molecule has 0 saturated carbocycles. The Hall–Kier alpha value is -3.55. The monoisotopic (exact) mass is 418 g/mol. The van der Waals surface area contributed by atoms with Gasteiger partial charge in [0, 0.05) is 6.42 Å². The molecular weight excluding hydrogens is 399 g/mol. The molecule has 6 N–H and O–H groups in total. The van der Waals surface area contributed by atoms with Crippen LogP contribution in [0.5, 0.6) is 0 Å².